The Labute approximate surface area is 141 Å². The summed E-state index contributed by atoms with van der Waals surface area (Å²) in [6.45, 7) is 8.97. The molecule has 22 heavy (non-hydrogen) atoms. The predicted molar refractivity (Wildman–Crippen MR) is 92.1 cm³/mol. The summed E-state index contributed by atoms with van der Waals surface area (Å²) in [6, 6.07) is 7.97. The van der Waals surface area contributed by atoms with Crippen molar-refractivity contribution in [2.24, 2.45) is 0 Å². The molecule has 2 aromatic rings. The van der Waals surface area contributed by atoms with Gasteiger partial charge in [0, 0.05) is 31.9 Å². The van der Waals surface area contributed by atoms with Gasteiger partial charge in [-0.2, -0.15) is 0 Å². The van der Waals surface area contributed by atoms with E-state index in [0.29, 0.717) is 10.0 Å². The fraction of sp³-hybridized carbons (Fsp3) is 0.412. The normalized spacial score (nSPS) is 16.3. The minimum absolute atomic E-state index is 0.604. The van der Waals surface area contributed by atoms with Crippen molar-refractivity contribution in [1.29, 1.82) is 0 Å². The third kappa shape index (κ3) is 3.43. The van der Waals surface area contributed by atoms with E-state index in [1.807, 2.05) is 25.1 Å². The number of anilines is 1. The van der Waals surface area contributed by atoms with E-state index >= 15 is 0 Å². The summed E-state index contributed by atoms with van der Waals surface area (Å²) in [6.07, 6.45) is 0. The van der Waals surface area contributed by atoms with E-state index in [2.05, 4.69) is 22.8 Å². The van der Waals surface area contributed by atoms with Crippen molar-refractivity contribution in [3.05, 3.63) is 51.4 Å². The maximum absolute atomic E-state index is 6.10. The Hall–Kier alpha value is -1.16. The van der Waals surface area contributed by atoms with Crippen molar-refractivity contribution in [3.63, 3.8) is 0 Å². The Kier molecular flexibility index (Phi) is 4.67. The van der Waals surface area contributed by atoms with Crippen LogP contribution in [0.4, 0.5) is 5.69 Å². The molecule has 0 unspecified atom stereocenters. The van der Waals surface area contributed by atoms with E-state index in [1.54, 1.807) is 0 Å². The van der Waals surface area contributed by atoms with Gasteiger partial charge in [0.2, 0.25) is 0 Å². The first kappa shape index (κ1) is 15.7. The van der Waals surface area contributed by atoms with Crippen LogP contribution in [0.3, 0.4) is 0 Å². The van der Waals surface area contributed by atoms with Gasteiger partial charge < -0.3 is 9.32 Å². The van der Waals surface area contributed by atoms with E-state index < -0.39 is 0 Å². The van der Waals surface area contributed by atoms with Crippen molar-refractivity contribution >= 4 is 28.9 Å². The van der Waals surface area contributed by atoms with Crippen LogP contribution in [0.5, 0.6) is 0 Å². The smallest absolute Gasteiger partial charge is 0.118 e. The summed E-state index contributed by atoms with van der Waals surface area (Å²) in [4.78, 5) is 4.77. The number of furan rings is 1. The number of nitrogens with zero attached hydrogens (tertiary/aromatic N) is 2. The van der Waals surface area contributed by atoms with Gasteiger partial charge >= 0.3 is 0 Å². The maximum Gasteiger partial charge on any atom is 0.118 e. The Morgan fingerprint density at radius 3 is 2.32 bits per heavy atom. The fourth-order valence-electron chi connectivity index (χ4n) is 2.79. The molecule has 3 nitrogen and oxygen atoms in total. The zero-order chi connectivity index (χ0) is 15.7. The van der Waals surface area contributed by atoms with Crippen LogP contribution in [0.25, 0.3) is 0 Å². The average Bonchev–Trinajstić information content (AvgIpc) is 2.81. The van der Waals surface area contributed by atoms with Crippen molar-refractivity contribution in [2.75, 3.05) is 31.1 Å². The highest BCUT2D eigenvalue weighted by Gasteiger charge is 2.19. The Balaban J connectivity index is 1.59. The zero-order valence-corrected chi connectivity index (χ0v) is 14.4. The maximum atomic E-state index is 6.10. The first-order chi connectivity index (χ1) is 10.5. The molecule has 1 saturated heterocycles. The molecule has 1 fully saturated rings. The quantitative estimate of drug-likeness (QED) is 0.819. The van der Waals surface area contributed by atoms with E-state index in [4.69, 9.17) is 27.6 Å². The van der Waals surface area contributed by atoms with E-state index in [9.17, 15) is 0 Å². The van der Waals surface area contributed by atoms with Crippen molar-refractivity contribution in [1.82, 2.24) is 4.90 Å². The second-order valence-corrected chi connectivity index (χ2v) is 6.63. The molecule has 1 aromatic heterocycles. The summed E-state index contributed by atoms with van der Waals surface area (Å²) in [7, 11) is 0. The third-order valence-corrected chi connectivity index (χ3v) is 4.98. The van der Waals surface area contributed by atoms with Gasteiger partial charge in [-0.1, -0.05) is 23.2 Å². The number of rotatable bonds is 3. The van der Waals surface area contributed by atoms with Crippen LogP contribution < -0.4 is 4.90 Å². The lowest BCUT2D eigenvalue weighted by molar-refractivity contribution is 0.229. The molecule has 0 radical (unpaired) electrons. The average molecular weight is 339 g/mol. The summed E-state index contributed by atoms with van der Waals surface area (Å²) in [5, 5.41) is 1.22. The molecule has 1 aliphatic heterocycles. The molecule has 0 amide bonds. The van der Waals surface area contributed by atoms with Crippen molar-refractivity contribution in [2.45, 2.75) is 20.4 Å². The second-order valence-electron chi connectivity index (χ2n) is 5.81. The minimum atomic E-state index is 0.604. The highest BCUT2D eigenvalue weighted by Crippen LogP contribution is 2.28. The monoisotopic (exact) mass is 338 g/mol. The molecule has 2 heterocycles. The van der Waals surface area contributed by atoms with Gasteiger partial charge in [0.1, 0.15) is 11.5 Å². The fourth-order valence-corrected chi connectivity index (χ4v) is 3.09. The van der Waals surface area contributed by atoms with Crippen LogP contribution >= 0.6 is 23.2 Å². The molecular weight excluding hydrogens is 319 g/mol. The Morgan fingerprint density at radius 2 is 1.73 bits per heavy atom. The van der Waals surface area contributed by atoms with E-state index in [1.165, 1.54) is 5.56 Å². The van der Waals surface area contributed by atoms with Gasteiger partial charge in [-0.15, -0.1) is 0 Å². The molecule has 0 saturated carbocycles. The molecule has 0 spiro atoms. The molecule has 1 aromatic carbocycles. The van der Waals surface area contributed by atoms with Crippen molar-refractivity contribution in [3.8, 4) is 0 Å². The van der Waals surface area contributed by atoms with Gasteiger partial charge in [0.25, 0.3) is 0 Å². The molecule has 0 N–H and O–H groups in total. The van der Waals surface area contributed by atoms with Crippen LogP contribution in [0, 0.1) is 13.8 Å². The van der Waals surface area contributed by atoms with Crippen molar-refractivity contribution < 1.29 is 4.42 Å². The Bertz CT molecular complexity index is 641. The number of aryl methyl sites for hydroxylation is 2. The number of halogens is 2. The summed E-state index contributed by atoms with van der Waals surface area (Å²) in [5.41, 5.74) is 2.36. The first-order valence-electron chi connectivity index (χ1n) is 7.51. The van der Waals surface area contributed by atoms with Gasteiger partial charge in [0.15, 0.2) is 0 Å². The van der Waals surface area contributed by atoms with Crippen LogP contribution in [0.2, 0.25) is 10.0 Å². The van der Waals surface area contributed by atoms with Gasteiger partial charge in [0.05, 0.1) is 16.6 Å². The SMILES string of the molecule is Cc1cc(CN2CCN(c3ccc(Cl)c(Cl)c3)CC2)oc1C. The molecule has 3 rings (SSSR count). The molecule has 5 heteroatoms. The lowest BCUT2D eigenvalue weighted by Crippen LogP contribution is -2.45. The van der Waals surface area contributed by atoms with Crippen LogP contribution in [0.1, 0.15) is 17.1 Å². The minimum Gasteiger partial charge on any atom is -0.465 e. The summed E-state index contributed by atoms with van der Waals surface area (Å²) in [5.74, 6) is 2.07. The first-order valence-corrected chi connectivity index (χ1v) is 8.27. The molecule has 118 valence electrons. The molecule has 0 atom stereocenters. The molecular formula is C17H20Cl2N2O. The Morgan fingerprint density at radius 1 is 1.00 bits per heavy atom. The van der Waals surface area contributed by atoms with E-state index in [0.717, 1.165) is 49.9 Å². The summed E-state index contributed by atoms with van der Waals surface area (Å²) >= 11 is 12.1. The largest absolute Gasteiger partial charge is 0.465 e. The summed E-state index contributed by atoms with van der Waals surface area (Å²) < 4.78 is 5.77. The molecule has 0 bridgehead atoms. The topological polar surface area (TPSA) is 19.6 Å². The number of hydrogen-bond acceptors (Lipinski definition) is 3. The van der Waals surface area contributed by atoms with Crippen LogP contribution in [0.15, 0.2) is 28.7 Å². The second kappa shape index (κ2) is 6.53. The number of piperazine rings is 1. The predicted octanol–water partition coefficient (Wildman–Crippen LogP) is 4.53. The number of benzene rings is 1. The number of hydrogen-bond donors (Lipinski definition) is 0. The van der Waals surface area contributed by atoms with Gasteiger partial charge in [-0.25, -0.2) is 0 Å². The van der Waals surface area contributed by atoms with Gasteiger partial charge in [-0.05, 0) is 43.7 Å². The van der Waals surface area contributed by atoms with E-state index in [-0.39, 0.29) is 0 Å². The molecule has 1 aliphatic rings. The van der Waals surface area contributed by atoms with Crippen LogP contribution in [-0.4, -0.2) is 31.1 Å². The standard InChI is InChI=1S/C17H20Cl2N2O/c1-12-9-15(22-13(12)2)11-20-5-7-21(8-6-20)14-3-4-16(18)17(19)10-14/h3-4,9-10H,5-8,11H2,1-2H3. The van der Waals surface area contributed by atoms with Crippen LogP contribution in [-0.2, 0) is 6.54 Å². The highest BCUT2D eigenvalue weighted by molar-refractivity contribution is 6.42. The third-order valence-electron chi connectivity index (χ3n) is 4.24. The zero-order valence-electron chi connectivity index (χ0n) is 12.9. The van der Waals surface area contributed by atoms with Gasteiger partial charge in [-0.3, -0.25) is 4.90 Å². The lowest BCUT2D eigenvalue weighted by atomic mass is 10.2. The highest BCUT2D eigenvalue weighted by atomic mass is 35.5. The molecule has 0 aliphatic carbocycles. The lowest BCUT2D eigenvalue weighted by Gasteiger charge is -2.35.